The molecule has 1 unspecified atom stereocenters. The van der Waals surface area contributed by atoms with Crippen LogP contribution in [-0.2, 0) is 16.0 Å². The van der Waals surface area contributed by atoms with Crippen LogP contribution in [0.2, 0.25) is 0 Å². The molecule has 21 heavy (non-hydrogen) atoms. The van der Waals surface area contributed by atoms with Crippen LogP contribution in [0.1, 0.15) is 25.8 Å². The number of hydrogen-bond acceptors (Lipinski definition) is 4. The largest absolute Gasteiger partial charge is 0.467 e. The smallest absolute Gasteiger partial charge is 0.332 e. The van der Waals surface area contributed by atoms with Crippen LogP contribution in [-0.4, -0.2) is 42.9 Å². The van der Waals surface area contributed by atoms with Gasteiger partial charge >= 0.3 is 5.97 Å². The fourth-order valence-electron chi connectivity index (χ4n) is 2.56. The number of amidine groups is 1. The fourth-order valence-corrected chi connectivity index (χ4v) is 2.56. The number of benzene rings is 1. The van der Waals surface area contributed by atoms with Crippen LogP contribution in [0, 0.1) is 5.92 Å². The van der Waals surface area contributed by atoms with Crippen molar-refractivity contribution in [3.05, 3.63) is 35.9 Å². The lowest BCUT2D eigenvalue weighted by molar-refractivity contribution is -0.141. The molecule has 0 fully saturated rings. The van der Waals surface area contributed by atoms with Crippen LogP contribution >= 0.6 is 0 Å². The monoisotopic (exact) mass is 288 g/mol. The summed E-state index contributed by atoms with van der Waals surface area (Å²) < 4.78 is 4.83. The lowest BCUT2D eigenvalue weighted by Gasteiger charge is -2.22. The Morgan fingerprint density at radius 1 is 1.38 bits per heavy atom. The Kier molecular flexibility index (Phi) is 5.37. The van der Waals surface area contributed by atoms with E-state index < -0.39 is 0 Å². The molecule has 4 heteroatoms. The topological polar surface area (TPSA) is 41.9 Å². The first kappa shape index (κ1) is 15.5. The van der Waals surface area contributed by atoms with E-state index in [-0.39, 0.29) is 12.0 Å². The van der Waals surface area contributed by atoms with Crippen LogP contribution in [0.25, 0.3) is 0 Å². The molecule has 0 aliphatic carbocycles. The standard InChI is InChI=1S/C17H24N2O2/c1-13(2)11-16-18-15(17(20)21-3)12-19(16)10-9-14-7-5-4-6-8-14/h4-8,13,15H,9-12H2,1-3H3. The Morgan fingerprint density at radius 2 is 2.10 bits per heavy atom. The molecule has 1 aromatic rings. The van der Waals surface area contributed by atoms with Gasteiger partial charge in [0.15, 0.2) is 6.04 Å². The maximum absolute atomic E-state index is 11.7. The SMILES string of the molecule is COC(=O)C1CN(CCc2ccccc2)C(CC(C)C)=N1. The highest BCUT2D eigenvalue weighted by Crippen LogP contribution is 2.17. The summed E-state index contributed by atoms with van der Waals surface area (Å²) in [4.78, 5) is 18.5. The molecule has 0 radical (unpaired) electrons. The molecule has 1 aliphatic heterocycles. The van der Waals surface area contributed by atoms with Gasteiger partial charge in [-0.25, -0.2) is 4.79 Å². The summed E-state index contributed by atoms with van der Waals surface area (Å²) in [5, 5.41) is 0. The van der Waals surface area contributed by atoms with Crippen LogP contribution in [0.3, 0.4) is 0 Å². The summed E-state index contributed by atoms with van der Waals surface area (Å²) in [5.74, 6) is 1.33. The van der Waals surface area contributed by atoms with Crippen LogP contribution < -0.4 is 0 Å². The Hall–Kier alpha value is -1.84. The van der Waals surface area contributed by atoms with Crippen LogP contribution in [0.5, 0.6) is 0 Å². The van der Waals surface area contributed by atoms with E-state index in [1.54, 1.807) is 0 Å². The first-order chi connectivity index (χ1) is 10.1. The lowest BCUT2D eigenvalue weighted by Crippen LogP contribution is -2.34. The zero-order valence-corrected chi connectivity index (χ0v) is 13.1. The summed E-state index contributed by atoms with van der Waals surface area (Å²) in [6.07, 6.45) is 1.87. The minimum atomic E-state index is -0.362. The van der Waals surface area contributed by atoms with Crippen molar-refractivity contribution in [3.63, 3.8) is 0 Å². The van der Waals surface area contributed by atoms with Gasteiger partial charge in [-0.3, -0.25) is 4.99 Å². The molecule has 0 aromatic heterocycles. The molecule has 1 aromatic carbocycles. The van der Waals surface area contributed by atoms with Gasteiger partial charge in [0.1, 0.15) is 5.84 Å². The number of methoxy groups -OCH3 is 1. The van der Waals surface area contributed by atoms with Gasteiger partial charge in [-0.05, 0) is 17.9 Å². The van der Waals surface area contributed by atoms with E-state index in [9.17, 15) is 4.79 Å². The number of rotatable bonds is 6. The molecule has 114 valence electrons. The minimum Gasteiger partial charge on any atom is -0.467 e. The van der Waals surface area contributed by atoms with Crippen molar-refractivity contribution in [3.8, 4) is 0 Å². The number of ether oxygens (including phenoxy) is 1. The minimum absolute atomic E-state index is 0.238. The van der Waals surface area contributed by atoms with Gasteiger partial charge < -0.3 is 9.64 Å². The van der Waals surface area contributed by atoms with Crippen LogP contribution in [0.4, 0.5) is 0 Å². The Bertz CT molecular complexity index is 497. The molecule has 4 nitrogen and oxygen atoms in total. The third kappa shape index (κ3) is 4.31. The summed E-state index contributed by atoms with van der Waals surface area (Å²) in [7, 11) is 1.42. The highest BCUT2D eigenvalue weighted by molar-refractivity contribution is 5.90. The molecule has 2 rings (SSSR count). The van der Waals surface area contributed by atoms with Gasteiger partial charge in [0.25, 0.3) is 0 Å². The molecule has 0 spiro atoms. The van der Waals surface area contributed by atoms with Crippen molar-refractivity contribution in [2.45, 2.75) is 32.7 Å². The van der Waals surface area contributed by atoms with Gasteiger partial charge in [0.2, 0.25) is 0 Å². The Labute approximate surface area is 126 Å². The molecule has 1 aliphatic rings. The Balaban J connectivity index is 2.00. The summed E-state index contributed by atoms with van der Waals surface area (Å²) >= 11 is 0. The number of carbonyl (C=O) groups excluding carboxylic acids is 1. The van der Waals surface area contributed by atoms with Crippen molar-refractivity contribution in [1.29, 1.82) is 0 Å². The lowest BCUT2D eigenvalue weighted by atomic mass is 10.1. The molecule has 0 saturated heterocycles. The summed E-state index contributed by atoms with van der Waals surface area (Å²) in [6, 6.07) is 10.0. The fraction of sp³-hybridized carbons (Fsp3) is 0.529. The second-order valence-electron chi connectivity index (χ2n) is 5.86. The van der Waals surface area contributed by atoms with Crippen molar-refractivity contribution in [1.82, 2.24) is 4.90 Å². The molecule has 0 bridgehead atoms. The molecular weight excluding hydrogens is 264 g/mol. The average Bonchev–Trinajstić information content (AvgIpc) is 2.87. The summed E-state index contributed by atoms with van der Waals surface area (Å²) in [6.45, 7) is 5.87. The van der Waals surface area contributed by atoms with E-state index in [4.69, 9.17) is 4.74 Å². The first-order valence-corrected chi connectivity index (χ1v) is 7.53. The highest BCUT2D eigenvalue weighted by Gasteiger charge is 2.30. The molecule has 1 atom stereocenters. The van der Waals surface area contributed by atoms with Crippen LogP contribution in [0.15, 0.2) is 35.3 Å². The Morgan fingerprint density at radius 3 is 2.71 bits per heavy atom. The van der Waals surface area contributed by atoms with Gasteiger partial charge in [0, 0.05) is 13.0 Å². The predicted molar refractivity (Wildman–Crippen MR) is 84.4 cm³/mol. The van der Waals surface area contributed by atoms with E-state index in [0.717, 1.165) is 25.2 Å². The molecular formula is C17H24N2O2. The quantitative estimate of drug-likeness (QED) is 0.755. The van der Waals surface area contributed by atoms with E-state index in [2.05, 4.69) is 48.0 Å². The maximum Gasteiger partial charge on any atom is 0.332 e. The van der Waals surface area contributed by atoms with Gasteiger partial charge in [-0.1, -0.05) is 44.2 Å². The molecule has 0 saturated carbocycles. The number of aliphatic imine (C=N–C) groups is 1. The zero-order valence-electron chi connectivity index (χ0n) is 13.1. The average molecular weight is 288 g/mol. The highest BCUT2D eigenvalue weighted by atomic mass is 16.5. The van der Waals surface area contributed by atoms with E-state index >= 15 is 0 Å². The van der Waals surface area contributed by atoms with Gasteiger partial charge in [-0.2, -0.15) is 0 Å². The molecule has 1 heterocycles. The molecule has 0 N–H and O–H groups in total. The van der Waals surface area contributed by atoms with E-state index in [1.165, 1.54) is 12.7 Å². The number of hydrogen-bond donors (Lipinski definition) is 0. The van der Waals surface area contributed by atoms with Crippen molar-refractivity contribution < 1.29 is 9.53 Å². The summed E-state index contributed by atoms with van der Waals surface area (Å²) in [5.41, 5.74) is 1.31. The number of nitrogens with zero attached hydrogens (tertiary/aromatic N) is 2. The van der Waals surface area contributed by atoms with Crippen molar-refractivity contribution >= 4 is 11.8 Å². The normalized spacial score (nSPS) is 18.0. The number of esters is 1. The van der Waals surface area contributed by atoms with Gasteiger partial charge in [0.05, 0.1) is 13.7 Å². The number of carbonyl (C=O) groups is 1. The second kappa shape index (κ2) is 7.25. The van der Waals surface area contributed by atoms with Crippen molar-refractivity contribution in [2.75, 3.05) is 20.2 Å². The van der Waals surface area contributed by atoms with Gasteiger partial charge in [-0.15, -0.1) is 0 Å². The maximum atomic E-state index is 11.7. The third-order valence-electron chi connectivity index (χ3n) is 3.64. The molecule has 0 amide bonds. The van der Waals surface area contributed by atoms with E-state index in [1.807, 2.05) is 6.07 Å². The first-order valence-electron chi connectivity index (χ1n) is 7.53. The predicted octanol–water partition coefficient (Wildman–Crippen LogP) is 2.53. The zero-order chi connectivity index (χ0) is 15.2. The third-order valence-corrected chi connectivity index (χ3v) is 3.64. The second-order valence-corrected chi connectivity index (χ2v) is 5.86. The van der Waals surface area contributed by atoms with Crippen molar-refractivity contribution in [2.24, 2.45) is 10.9 Å². The van der Waals surface area contributed by atoms with E-state index in [0.29, 0.717) is 12.5 Å².